The molecule has 0 unspecified atom stereocenters. The summed E-state index contributed by atoms with van der Waals surface area (Å²) in [6, 6.07) is -3.05. The van der Waals surface area contributed by atoms with Crippen LogP contribution in [-0.2, 0) is 9.31 Å². The lowest BCUT2D eigenvalue weighted by molar-refractivity contribution is 0.00578. The summed E-state index contributed by atoms with van der Waals surface area (Å²) in [4.78, 5) is 0.0664. The normalized spacial score (nSPS) is 43.2. The predicted molar refractivity (Wildman–Crippen MR) is 83.6 cm³/mol. The molecule has 0 spiro atoms. The molecule has 0 atom stereocenters. The first kappa shape index (κ1) is 5.66. The van der Waals surface area contributed by atoms with Crippen LogP contribution in [0.4, 0.5) is 5.69 Å². The molecule has 4 heteroatoms. The monoisotopic (exact) mass is 285 g/mol. The Morgan fingerprint density at radius 1 is 1.15 bits per heavy atom. The van der Waals surface area contributed by atoms with Crippen molar-refractivity contribution >= 4 is 18.3 Å². The van der Waals surface area contributed by atoms with Crippen molar-refractivity contribution in [3.63, 3.8) is 0 Å². The number of rotatable bonds is 2. The van der Waals surface area contributed by atoms with Gasteiger partial charge in [-0.05, 0) is 58.0 Å². The second-order valence-corrected chi connectivity index (χ2v) is 5.66. The molecule has 0 aliphatic carbocycles. The second-order valence-electron chi connectivity index (χ2n) is 5.66. The van der Waals surface area contributed by atoms with Crippen molar-refractivity contribution in [2.75, 3.05) is 17.9 Å². The highest BCUT2D eigenvalue weighted by molar-refractivity contribution is 6.62. The predicted octanol–water partition coefficient (Wildman–Crippen LogP) is 2.59. The maximum atomic E-state index is 8.62. The van der Waals surface area contributed by atoms with Gasteiger partial charge in [-0.25, -0.2) is 0 Å². The van der Waals surface area contributed by atoms with Gasteiger partial charge >= 0.3 is 7.12 Å². The van der Waals surface area contributed by atoms with Gasteiger partial charge in [0, 0.05) is 29.6 Å². The quantitative estimate of drug-likeness (QED) is 0.780. The van der Waals surface area contributed by atoms with Gasteiger partial charge in [-0.15, -0.1) is 0 Å². The van der Waals surface area contributed by atoms with E-state index in [0.29, 0.717) is 0 Å². The number of hydrogen-bond donors (Lipinski definition) is 0. The van der Waals surface area contributed by atoms with Crippen molar-refractivity contribution in [1.82, 2.24) is 0 Å². The molecular weight excluding hydrogens is 249 g/mol. The standard InChI is InChI=1S/C16H24BNO2/c1-15(2)16(3,4)20-17(19-15)13-8-7-9-14(12-13)18-10-5-6-11-18/h7-9,12H,5-6,10-11H2,1-4H3/i5D2,6D2,7D,8D,9D,10D2,11D2,12D. The van der Waals surface area contributed by atoms with Crippen LogP contribution in [0.25, 0.3) is 0 Å². The first-order chi connectivity index (χ1) is 14.1. The van der Waals surface area contributed by atoms with Crippen LogP contribution in [0.1, 0.15) is 56.9 Å². The zero-order chi connectivity index (χ0) is 25.0. The molecular formula is C16H24BNO2. The largest absolute Gasteiger partial charge is 0.494 e. The highest BCUT2D eigenvalue weighted by Gasteiger charge is 2.51. The summed E-state index contributed by atoms with van der Waals surface area (Å²) in [5, 5.41) is 0. The molecule has 1 aromatic rings. The van der Waals surface area contributed by atoms with Crippen molar-refractivity contribution in [2.45, 2.75) is 51.6 Å². The Hall–Kier alpha value is -0.995. The smallest absolute Gasteiger partial charge is 0.399 e. The minimum Gasteiger partial charge on any atom is -0.399 e. The third-order valence-corrected chi connectivity index (χ3v) is 3.74. The van der Waals surface area contributed by atoms with E-state index in [2.05, 4.69) is 0 Å². The van der Waals surface area contributed by atoms with Crippen LogP contribution in [0.15, 0.2) is 24.2 Å². The molecule has 108 valence electrons. The summed E-state index contributed by atoms with van der Waals surface area (Å²) in [5.74, 6) is 0. The summed E-state index contributed by atoms with van der Waals surface area (Å²) in [6.45, 7) is 0.166. The molecule has 3 rings (SSSR count). The number of anilines is 1. The summed E-state index contributed by atoms with van der Waals surface area (Å²) in [7, 11) is -1.36. The average molecular weight is 285 g/mol. The number of benzene rings is 1. The zero-order valence-electron chi connectivity index (χ0n) is 23.8. The van der Waals surface area contributed by atoms with Gasteiger partial charge in [-0.3, -0.25) is 0 Å². The molecule has 2 aliphatic rings. The lowest BCUT2D eigenvalue weighted by Crippen LogP contribution is -2.41. The van der Waals surface area contributed by atoms with Gasteiger partial charge in [-0.2, -0.15) is 0 Å². The SMILES string of the molecule is [2H]c1c([2H])c(B2OC(C)(C)C(C)(C)O2)c([2H])c(N2C([2H])([2H])C([2H])([2H])C([2H])([2H])C2([2H])[2H])c1[2H]. The van der Waals surface area contributed by atoms with E-state index in [1.807, 2.05) is 0 Å². The van der Waals surface area contributed by atoms with Gasteiger partial charge in [0.2, 0.25) is 0 Å². The molecule has 1 aromatic carbocycles. The first-order valence-corrected chi connectivity index (χ1v) is 6.34. The summed E-state index contributed by atoms with van der Waals surface area (Å²) in [6.07, 6.45) is -6.76. The molecule has 2 aliphatic heterocycles. The minimum atomic E-state index is -3.38. The van der Waals surface area contributed by atoms with Crippen LogP contribution in [0, 0.1) is 0 Å². The van der Waals surface area contributed by atoms with E-state index in [-0.39, 0.29) is 10.4 Å². The maximum absolute atomic E-state index is 8.62. The summed E-state index contributed by atoms with van der Waals surface area (Å²) < 4.78 is 110. The highest BCUT2D eigenvalue weighted by atomic mass is 16.7. The van der Waals surface area contributed by atoms with Crippen LogP contribution in [0.2, 0.25) is 0 Å². The number of hydrogen-bond acceptors (Lipinski definition) is 3. The van der Waals surface area contributed by atoms with E-state index in [4.69, 9.17) is 25.8 Å². The van der Waals surface area contributed by atoms with E-state index in [0.717, 1.165) is 0 Å². The molecule has 20 heavy (non-hydrogen) atoms. The molecule has 2 heterocycles. The fraction of sp³-hybridized carbons (Fsp3) is 0.625. The van der Waals surface area contributed by atoms with Gasteiger partial charge < -0.3 is 14.2 Å². The Labute approximate surface area is 139 Å². The molecule has 0 bridgehead atoms. The van der Waals surface area contributed by atoms with E-state index in [9.17, 15) is 0 Å². The Bertz CT molecular complexity index is 939. The Balaban J connectivity index is 2.33. The van der Waals surface area contributed by atoms with Gasteiger partial charge in [0.25, 0.3) is 0 Å². The van der Waals surface area contributed by atoms with Gasteiger partial charge in [0.05, 0.1) is 16.7 Å². The molecule has 2 saturated heterocycles. The Morgan fingerprint density at radius 3 is 2.35 bits per heavy atom. The Kier molecular flexibility index (Phi) is 1.35. The van der Waals surface area contributed by atoms with Gasteiger partial charge in [0.1, 0.15) is 0 Å². The summed E-state index contributed by atoms with van der Waals surface area (Å²) in [5.41, 5.74) is -3.00. The zero-order valence-corrected chi connectivity index (χ0v) is 11.8. The van der Waals surface area contributed by atoms with Crippen LogP contribution in [-0.4, -0.2) is 31.3 Å². The molecule has 0 amide bonds. The topological polar surface area (TPSA) is 21.7 Å². The minimum absolute atomic E-state index is 0.0664. The second kappa shape index (κ2) is 4.78. The van der Waals surface area contributed by atoms with E-state index >= 15 is 0 Å². The van der Waals surface area contributed by atoms with Crippen molar-refractivity contribution in [3.05, 3.63) is 24.2 Å². The Morgan fingerprint density at radius 2 is 1.75 bits per heavy atom. The third kappa shape index (κ3) is 2.36. The lowest BCUT2D eigenvalue weighted by Gasteiger charge is -2.32. The fourth-order valence-electron chi connectivity index (χ4n) is 1.85. The summed E-state index contributed by atoms with van der Waals surface area (Å²) >= 11 is 0. The van der Waals surface area contributed by atoms with E-state index in [1.54, 1.807) is 27.7 Å². The molecule has 3 nitrogen and oxygen atoms in total. The average Bonchev–Trinajstić information content (AvgIpc) is 2.85. The van der Waals surface area contributed by atoms with Gasteiger partial charge in [0.15, 0.2) is 0 Å². The fourth-order valence-corrected chi connectivity index (χ4v) is 1.85. The molecule has 0 aromatic heterocycles. The lowest BCUT2D eigenvalue weighted by atomic mass is 9.79. The van der Waals surface area contributed by atoms with Gasteiger partial charge in [-0.1, -0.05) is 12.1 Å². The molecule has 2 fully saturated rings. The van der Waals surface area contributed by atoms with Crippen molar-refractivity contribution in [3.8, 4) is 0 Å². The van der Waals surface area contributed by atoms with E-state index in [1.165, 1.54) is 0 Å². The van der Waals surface area contributed by atoms with E-state index < -0.39 is 73.9 Å². The van der Waals surface area contributed by atoms with Crippen molar-refractivity contribution in [2.24, 2.45) is 0 Å². The molecule has 0 saturated carbocycles. The van der Waals surface area contributed by atoms with Crippen LogP contribution >= 0.6 is 0 Å². The van der Waals surface area contributed by atoms with Crippen molar-refractivity contribution in [1.29, 1.82) is 0 Å². The van der Waals surface area contributed by atoms with Crippen LogP contribution < -0.4 is 10.4 Å². The number of nitrogens with zero attached hydrogens (tertiary/aromatic N) is 1. The maximum Gasteiger partial charge on any atom is 0.494 e. The molecule has 0 N–H and O–H groups in total. The van der Waals surface area contributed by atoms with Crippen LogP contribution in [0.3, 0.4) is 0 Å². The molecule has 0 radical (unpaired) electrons. The van der Waals surface area contributed by atoms with Crippen molar-refractivity contribution < 1.29 is 25.8 Å². The van der Waals surface area contributed by atoms with Crippen LogP contribution in [0.5, 0.6) is 0 Å². The first-order valence-electron chi connectivity index (χ1n) is 12.3. The third-order valence-electron chi connectivity index (χ3n) is 3.74. The highest BCUT2D eigenvalue weighted by Crippen LogP contribution is 2.36.